The lowest BCUT2D eigenvalue weighted by atomic mass is 10.00. The highest BCUT2D eigenvalue weighted by molar-refractivity contribution is 5.87. The molecule has 0 saturated carbocycles. The number of fused-ring (bicyclic) bond motifs is 1. The van der Waals surface area contributed by atoms with Crippen LogP contribution in [0.15, 0.2) is 66.7 Å². The van der Waals surface area contributed by atoms with E-state index in [-0.39, 0.29) is 18.6 Å². The fraction of sp³-hybridized carbons (Fsp3) is 0.150. The van der Waals surface area contributed by atoms with E-state index in [4.69, 9.17) is 4.74 Å². The number of benzene rings is 3. The van der Waals surface area contributed by atoms with E-state index in [0.29, 0.717) is 5.75 Å². The van der Waals surface area contributed by atoms with Gasteiger partial charge >= 0.3 is 0 Å². The van der Waals surface area contributed by atoms with Crippen LogP contribution in [0.1, 0.15) is 18.5 Å². The summed E-state index contributed by atoms with van der Waals surface area (Å²) in [6.45, 7) is 1.78. The van der Waals surface area contributed by atoms with Gasteiger partial charge < -0.3 is 10.1 Å². The van der Waals surface area contributed by atoms with Gasteiger partial charge in [-0.15, -0.1) is 0 Å². The molecular weight excluding hydrogens is 305 g/mol. The number of hydrogen-bond donors (Lipinski definition) is 1. The van der Waals surface area contributed by atoms with E-state index in [2.05, 4.69) is 5.32 Å². The molecule has 0 saturated heterocycles. The highest BCUT2D eigenvalue weighted by Crippen LogP contribution is 2.24. The second kappa shape index (κ2) is 7.13. The highest BCUT2D eigenvalue weighted by Gasteiger charge is 2.12. The molecule has 0 bridgehead atoms. The Morgan fingerprint density at radius 1 is 1.08 bits per heavy atom. The summed E-state index contributed by atoms with van der Waals surface area (Å²) in [4.78, 5) is 12.1. The first kappa shape index (κ1) is 16.0. The summed E-state index contributed by atoms with van der Waals surface area (Å²) in [5, 5.41) is 5.16. The van der Waals surface area contributed by atoms with Crippen molar-refractivity contribution >= 4 is 16.7 Å². The summed E-state index contributed by atoms with van der Waals surface area (Å²) in [6, 6.07) is 19.7. The van der Waals surface area contributed by atoms with Crippen molar-refractivity contribution in [1.29, 1.82) is 0 Å². The first-order chi connectivity index (χ1) is 11.6. The topological polar surface area (TPSA) is 38.3 Å². The van der Waals surface area contributed by atoms with E-state index >= 15 is 0 Å². The zero-order valence-electron chi connectivity index (χ0n) is 13.3. The van der Waals surface area contributed by atoms with E-state index in [1.165, 1.54) is 12.1 Å². The Morgan fingerprint density at radius 2 is 1.83 bits per heavy atom. The molecule has 0 aliphatic heterocycles. The maximum absolute atomic E-state index is 13.1. The van der Waals surface area contributed by atoms with Gasteiger partial charge in [0, 0.05) is 6.07 Å². The van der Waals surface area contributed by atoms with Crippen LogP contribution in [0.4, 0.5) is 4.39 Å². The lowest BCUT2D eigenvalue weighted by molar-refractivity contribution is -0.123. The van der Waals surface area contributed by atoms with Crippen molar-refractivity contribution in [3.05, 3.63) is 78.1 Å². The standard InChI is InChI=1S/C20H18FNO2/c1-14(18-11-4-7-15-6-2-3-10-19(15)18)22-20(23)13-24-17-9-5-8-16(21)12-17/h2-12,14H,13H2,1H3,(H,22,23)/t14-/m1/s1. The number of hydrogen-bond acceptors (Lipinski definition) is 2. The minimum atomic E-state index is -0.392. The van der Waals surface area contributed by atoms with Gasteiger partial charge in [0.05, 0.1) is 6.04 Å². The molecular formula is C20H18FNO2. The second-order valence-electron chi connectivity index (χ2n) is 5.60. The minimum absolute atomic E-state index is 0.153. The molecule has 1 atom stereocenters. The number of carbonyl (C=O) groups is 1. The fourth-order valence-corrected chi connectivity index (χ4v) is 2.69. The largest absolute Gasteiger partial charge is 0.484 e. The SMILES string of the molecule is C[C@@H](NC(=O)COc1cccc(F)c1)c1cccc2ccccc12. The molecule has 3 nitrogen and oxygen atoms in total. The third-order valence-electron chi connectivity index (χ3n) is 3.83. The molecule has 3 rings (SSSR count). The molecule has 0 heterocycles. The van der Waals surface area contributed by atoms with E-state index in [1.807, 2.05) is 49.4 Å². The number of rotatable bonds is 5. The van der Waals surface area contributed by atoms with Crippen LogP contribution in [0, 0.1) is 5.82 Å². The van der Waals surface area contributed by atoms with Crippen LogP contribution in [0.3, 0.4) is 0 Å². The van der Waals surface area contributed by atoms with Gasteiger partial charge in [-0.3, -0.25) is 4.79 Å². The zero-order valence-corrected chi connectivity index (χ0v) is 13.3. The molecule has 122 valence electrons. The van der Waals surface area contributed by atoms with E-state index in [9.17, 15) is 9.18 Å². The zero-order chi connectivity index (χ0) is 16.9. The van der Waals surface area contributed by atoms with Crippen molar-refractivity contribution < 1.29 is 13.9 Å². The maximum atomic E-state index is 13.1. The van der Waals surface area contributed by atoms with Crippen molar-refractivity contribution in [2.75, 3.05) is 6.61 Å². The first-order valence-electron chi connectivity index (χ1n) is 7.79. The predicted molar refractivity (Wildman–Crippen MR) is 92.4 cm³/mol. The monoisotopic (exact) mass is 323 g/mol. The van der Waals surface area contributed by atoms with Crippen molar-refractivity contribution in [2.45, 2.75) is 13.0 Å². The molecule has 4 heteroatoms. The van der Waals surface area contributed by atoms with E-state index in [1.54, 1.807) is 12.1 Å². The summed E-state index contributed by atoms with van der Waals surface area (Å²) in [5.41, 5.74) is 1.05. The molecule has 24 heavy (non-hydrogen) atoms. The number of nitrogens with one attached hydrogen (secondary N) is 1. The fourth-order valence-electron chi connectivity index (χ4n) is 2.69. The average Bonchev–Trinajstić information content (AvgIpc) is 2.59. The summed E-state index contributed by atoms with van der Waals surface area (Å²) in [5.74, 6) is -0.306. The number of ether oxygens (including phenoxy) is 1. The maximum Gasteiger partial charge on any atom is 0.258 e. The smallest absolute Gasteiger partial charge is 0.258 e. The molecule has 0 fully saturated rings. The number of carbonyl (C=O) groups excluding carboxylic acids is 1. The normalized spacial score (nSPS) is 11.9. The quantitative estimate of drug-likeness (QED) is 0.763. The Bertz CT molecular complexity index is 858. The molecule has 3 aromatic carbocycles. The molecule has 0 unspecified atom stereocenters. The van der Waals surface area contributed by atoms with Gasteiger partial charge in [0.2, 0.25) is 0 Å². The third-order valence-corrected chi connectivity index (χ3v) is 3.83. The number of halogens is 1. The van der Waals surface area contributed by atoms with Gasteiger partial charge in [0.25, 0.3) is 5.91 Å². The first-order valence-corrected chi connectivity index (χ1v) is 7.79. The summed E-state index contributed by atoms with van der Waals surface area (Å²) < 4.78 is 18.4. The van der Waals surface area contributed by atoms with Crippen LogP contribution in [0.5, 0.6) is 5.75 Å². The highest BCUT2D eigenvalue weighted by atomic mass is 19.1. The van der Waals surface area contributed by atoms with Crippen LogP contribution in [-0.2, 0) is 4.79 Å². The van der Waals surface area contributed by atoms with Crippen molar-refractivity contribution in [2.24, 2.45) is 0 Å². The molecule has 0 aromatic heterocycles. The molecule has 1 amide bonds. The molecule has 0 aliphatic rings. The van der Waals surface area contributed by atoms with Crippen LogP contribution < -0.4 is 10.1 Å². The van der Waals surface area contributed by atoms with Gasteiger partial charge in [0.15, 0.2) is 6.61 Å². The van der Waals surface area contributed by atoms with E-state index in [0.717, 1.165) is 16.3 Å². The van der Waals surface area contributed by atoms with E-state index < -0.39 is 5.82 Å². The lowest BCUT2D eigenvalue weighted by Gasteiger charge is -2.17. The Hall–Kier alpha value is -2.88. The molecule has 0 spiro atoms. The molecule has 0 aliphatic carbocycles. The van der Waals surface area contributed by atoms with Gasteiger partial charge in [0.1, 0.15) is 11.6 Å². The summed E-state index contributed by atoms with van der Waals surface area (Å²) in [7, 11) is 0. The predicted octanol–water partition coefficient (Wildman–Crippen LogP) is 4.24. The average molecular weight is 323 g/mol. The summed E-state index contributed by atoms with van der Waals surface area (Å²) >= 11 is 0. The van der Waals surface area contributed by atoms with Crippen molar-refractivity contribution in [1.82, 2.24) is 5.32 Å². The van der Waals surface area contributed by atoms with Gasteiger partial charge in [-0.25, -0.2) is 4.39 Å². The Morgan fingerprint density at radius 3 is 2.67 bits per heavy atom. The minimum Gasteiger partial charge on any atom is -0.484 e. The Balaban J connectivity index is 1.65. The van der Waals surface area contributed by atoms with Crippen LogP contribution in [0.2, 0.25) is 0 Å². The lowest BCUT2D eigenvalue weighted by Crippen LogP contribution is -2.31. The van der Waals surface area contributed by atoms with Crippen molar-refractivity contribution in [3.63, 3.8) is 0 Å². The molecule has 0 radical (unpaired) electrons. The van der Waals surface area contributed by atoms with Gasteiger partial charge in [-0.1, -0.05) is 48.5 Å². The third kappa shape index (κ3) is 3.71. The second-order valence-corrected chi connectivity index (χ2v) is 5.60. The Kier molecular flexibility index (Phi) is 4.75. The van der Waals surface area contributed by atoms with Crippen LogP contribution in [-0.4, -0.2) is 12.5 Å². The summed E-state index contributed by atoms with van der Waals surface area (Å²) in [6.07, 6.45) is 0. The van der Waals surface area contributed by atoms with Crippen LogP contribution >= 0.6 is 0 Å². The molecule has 3 aromatic rings. The van der Waals surface area contributed by atoms with Crippen LogP contribution in [0.25, 0.3) is 10.8 Å². The van der Waals surface area contributed by atoms with Crippen molar-refractivity contribution in [3.8, 4) is 5.75 Å². The number of amides is 1. The Labute approximate surface area is 140 Å². The molecule has 1 N–H and O–H groups in total. The van der Waals surface area contributed by atoms with Gasteiger partial charge in [-0.05, 0) is 35.4 Å². The van der Waals surface area contributed by atoms with Gasteiger partial charge in [-0.2, -0.15) is 0 Å².